The Bertz CT molecular complexity index is 1590. The molecule has 0 radical (unpaired) electrons. The Balaban J connectivity index is 1.12. The van der Waals surface area contributed by atoms with Crippen molar-refractivity contribution in [3.05, 3.63) is 59.5 Å². The van der Waals surface area contributed by atoms with Crippen molar-refractivity contribution < 1.29 is 14.3 Å². The number of aliphatic imine (C=N–C) groups is 1. The minimum atomic E-state index is -1.14. The average molecular weight is 659 g/mol. The zero-order valence-electron chi connectivity index (χ0n) is 28.5. The Morgan fingerprint density at radius 2 is 1.70 bits per heavy atom. The molecule has 4 heterocycles. The maximum atomic E-state index is 12.8. The summed E-state index contributed by atoms with van der Waals surface area (Å²) >= 11 is 1.80. The molecule has 1 atom stereocenters. The fraction of sp³-hybridized carbons (Fsp3) is 0.541. The molecule has 0 spiro atoms. The van der Waals surface area contributed by atoms with Gasteiger partial charge in [-0.3, -0.25) is 9.89 Å². The summed E-state index contributed by atoms with van der Waals surface area (Å²) < 4.78 is 14.3. The number of imidazole rings is 1. The molecule has 6 rings (SSSR count). The summed E-state index contributed by atoms with van der Waals surface area (Å²) in [6.07, 6.45) is 11.5. The molecule has 0 N–H and O–H groups in total. The number of hydrogen-bond donors (Lipinski definition) is 0. The molecule has 1 aliphatic carbocycles. The number of nitrogens with zero attached hydrogens (tertiary/aromatic N) is 4. The van der Waals surface area contributed by atoms with E-state index < -0.39 is 13.7 Å². The van der Waals surface area contributed by atoms with Gasteiger partial charge in [0.05, 0.1) is 17.9 Å². The van der Waals surface area contributed by atoms with Gasteiger partial charge in [0.25, 0.3) is 0 Å². The maximum Gasteiger partial charge on any atom is 0.410 e. The van der Waals surface area contributed by atoms with Crippen molar-refractivity contribution in [3.8, 4) is 21.7 Å². The van der Waals surface area contributed by atoms with Crippen molar-refractivity contribution in [2.75, 3.05) is 13.2 Å². The fourth-order valence-corrected chi connectivity index (χ4v) is 8.50. The van der Waals surface area contributed by atoms with Crippen molar-refractivity contribution in [2.24, 2.45) is 4.99 Å². The normalized spacial score (nSPS) is 19.2. The number of amides is 1. The second-order valence-corrected chi connectivity index (χ2v) is 22.0. The van der Waals surface area contributed by atoms with Crippen LogP contribution >= 0.6 is 11.3 Å². The summed E-state index contributed by atoms with van der Waals surface area (Å²) in [4.78, 5) is 26.9. The van der Waals surface area contributed by atoms with Crippen LogP contribution in [0.4, 0.5) is 4.79 Å². The molecule has 0 unspecified atom stereocenters. The first-order valence-corrected chi connectivity index (χ1v) is 21.6. The maximum absolute atomic E-state index is 12.8. The smallest absolute Gasteiger partial charge is 0.410 e. The highest BCUT2D eigenvalue weighted by atomic mass is 32.1. The molecule has 1 aromatic carbocycles. The molecule has 7 nitrogen and oxygen atoms in total. The number of likely N-dealkylation sites (tertiary alicyclic amines) is 1. The SMILES string of the molecule is CC(C)(C)OC(=O)N1CCC[C@H]1C1=NC=C(c2ccc(-c3ccc(-c4cnc(C5CCCC5)n4COCC[Si](C)(C)C)cc3)s2)C1. The third-order valence-electron chi connectivity index (χ3n) is 9.23. The summed E-state index contributed by atoms with van der Waals surface area (Å²) in [5.41, 5.74) is 5.31. The second kappa shape index (κ2) is 13.6. The highest BCUT2D eigenvalue weighted by molar-refractivity contribution is 7.16. The molecule has 2 aromatic heterocycles. The lowest BCUT2D eigenvalue weighted by Crippen LogP contribution is -2.43. The Hall–Kier alpha value is -3.01. The van der Waals surface area contributed by atoms with E-state index in [0.717, 1.165) is 43.8 Å². The van der Waals surface area contributed by atoms with Crippen molar-refractivity contribution in [3.63, 3.8) is 0 Å². The van der Waals surface area contributed by atoms with Gasteiger partial charge in [0.15, 0.2) is 0 Å². The van der Waals surface area contributed by atoms with Crippen molar-refractivity contribution in [2.45, 2.75) is 116 Å². The van der Waals surface area contributed by atoms with E-state index in [0.29, 0.717) is 12.6 Å². The third-order valence-corrected chi connectivity index (χ3v) is 12.1. The second-order valence-electron chi connectivity index (χ2n) is 15.3. The van der Waals surface area contributed by atoms with E-state index in [1.54, 1.807) is 11.3 Å². The number of allylic oxidation sites excluding steroid dienone is 1. The molecular formula is C37H50N4O3SSi. The Kier molecular flexibility index (Phi) is 9.74. The number of carbonyl (C=O) groups is 1. The lowest BCUT2D eigenvalue weighted by molar-refractivity contribution is 0.0265. The van der Waals surface area contributed by atoms with E-state index in [4.69, 9.17) is 19.5 Å². The van der Waals surface area contributed by atoms with Gasteiger partial charge in [0.1, 0.15) is 18.2 Å². The van der Waals surface area contributed by atoms with Crippen LogP contribution in [0.5, 0.6) is 0 Å². The van der Waals surface area contributed by atoms with Gasteiger partial charge in [-0.15, -0.1) is 11.3 Å². The van der Waals surface area contributed by atoms with E-state index in [9.17, 15) is 4.79 Å². The third kappa shape index (κ3) is 7.75. The number of benzene rings is 1. The van der Waals surface area contributed by atoms with Crippen LogP contribution in [0.2, 0.25) is 25.7 Å². The molecule has 1 saturated heterocycles. The van der Waals surface area contributed by atoms with Gasteiger partial charge in [0.2, 0.25) is 0 Å². The average Bonchev–Trinajstić information content (AvgIpc) is 3.82. The van der Waals surface area contributed by atoms with Gasteiger partial charge in [-0.1, -0.05) is 56.7 Å². The van der Waals surface area contributed by atoms with E-state index in [1.807, 2.05) is 38.1 Å². The number of carbonyl (C=O) groups excluding carboxylic acids is 1. The van der Waals surface area contributed by atoms with Gasteiger partial charge in [-0.05, 0) is 81.3 Å². The molecule has 0 bridgehead atoms. The van der Waals surface area contributed by atoms with Crippen molar-refractivity contribution in [1.29, 1.82) is 0 Å². The van der Waals surface area contributed by atoms with Crippen LogP contribution in [-0.4, -0.2) is 59.1 Å². The monoisotopic (exact) mass is 658 g/mol. The minimum absolute atomic E-state index is 0.0175. The predicted molar refractivity (Wildman–Crippen MR) is 192 cm³/mol. The van der Waals surface area contributed by atoms with Gasteiger partial charge in [0, 0.05) is 55.2 Å². The molecule has 1 saturated carbocycles. The Morgan fingerprint density at radius 1 is 0.978 bits per heavy atom. The van der Waals surface area contributed by atoms with E-state index in [1.165, 1.54) is 64.0 Å². The van der Waals surface area contributed by atoms with E-state index in [2.05, 4.69) is 60.6 Å². The highest BCUT2D eigenvalue weighted by Crippen LogP contribution is 2.39. The Morgan fingerprint density at radius 3 is 2.41 bits per heavy atom. The van der Waals surface area contributed by atoms with Crippen LogP contribution < -0.4 is 0 Å². The standard InChI is InChI=1S/C37H50N4O3SSi/c1-37(2,3)44-36(42)40-19-9-12-31(40)30-22-29(23-38-30)34-18-17-33(45-34)27-15-13-26(14-16-27)32-24-39-35(28-10-7-8-11-28)41(32)25-43-20-21-46(4,5)6/h13-18,23-24,28,31H,7-12,19-22,25H2,1-6H3/t31-/m0/s1. The largest absolute Gasteiger partial charge is 0.444 e. The lowest BCUT2D eigenvalue weighted by atomic mass is 10.0. The molecule has 46 heavy (non-hydrogen) atoms. The van der Waals surface area contributed by atoms with Crippen LogP contribution in [0, 0.1) is 0 Å². The van der Waals surface area contributed by atoms with Gasteiger partial charge < -0.3 is 14.0 Å². The van der Waals surface area contributed by atoms with Crippen LogP contribution in [0.15, 0.2) is 53.8 Å². The topological polar surface area (TPSA) is 69.0 Å². The summed E-state index contributed by atoms with van der Waals surface area (Å²) in [6, 6.07) is 14.5. The first kappa shape index (κ1) is 32.9. The molecular weight excluding hydrogens is 609 g/mol. The van der Waals surface area contributed by atoms with E-state index in [-0.39, 0.29) is 12.1 Å². The molecule has 3 aliphatic rings. The van der Waals surface area contributed by atoms with E-state index >= 15 is 0 Å². The minimum Gasteiger partial charge on any atom is -0.444 e. The molecule has 246 valence electrons. The summed E-state index contributed by atoms with van der Waals surface area (Å²) in [5, 5.41) is 0. The number of ether oxygens (including phenoxy) is 2. The number of hydrogen-bond acceptors (Lipinski definition) is 6. The molecule has 3 aromatic rings. The molecule has 9 heteroatoms. The lowest BCUT2D eigenvalue weighted by Gasteiger charge is -2.28. The Labute approximate surface area is 279 Å². The fourth-order valence-electron chi connectivity index (χ4n) is 6.73. The molecule has 1 amide bonds. The number of aromatic nitrogens is 2. The molecule has 2 fully saturated rings. The van der Waals surface area contributed by atoms with Crippen LogP contribution in [0.25, 0.3) is 27.3 Å². The summed E-state index contributed by atoms with van der Waals surface area (Å²) in [7, 11) is -1.14. The number of thiophene rings is 1. The van der Waals surface area contributed by atoms with Gasteiger partial charge in [-0.2, -0.15) is 0 Å². The first-order valence-electron chi connectivity index (χ1n) is 17.0. The summed E-state index contributed by atoms with van der Waals surface area (Å²) in [6.45, 7) is 15.0. The number of rotatable bonds is 10. The van der Waals surface area contributed by atoms with Crippen LogP contribution in [0.3, 0.4) is 0 Å². The first-order chi connectivity index (χ1) is 21.9. The van der Waals surface area contributed by atoms with Crippen LogP contribution in [-0.2, 0) is 16.2 Å². The van der Waals surface area contributed by atoms with Crippen LogP contribution in [0.1, 0.15) is 82.3 Å². The zero-order valence-corrected chi connectivity index (χ0v) is 30.3. The quantitative estimate of drug-likeness (QED) is 0.161. The van der Waals surface area contributed by atoms with Gasteiger partial charge >= 0.3 is 6.09 Å². The zero-order chi connectivity index (χ0) is 32.5. The highest BCUT2D eigenvalue weighted by Gasteiger charge is 2.36. The van der Waals surface area contributed by atoms with Gasteiger partial charge in [-0.25, -0.2) is 9.78 Å². The van der Waals surface area contributed by atoms with Crippen molar-refractivity contribution >= 4 is 36.8 Å². The summed E-state index contributed by atoms with van der Waals surface area (Å²) in [5.74, 6) is 1.72. The molecule has 2 aliphatic heterocycles. The van der Waals surface area contributed by atoms with Crippen molar-refractivity contribution in [1.82, 2.24) is 14.5 Å². The predicted octanol–water partition coefficient (Wildman–Crippen LogP) is 9.83.